The van der Waals surface area contributed by atoms with Crippen molar-refractivity contribution >= 4 is 40.3 Å². The van der Waals surface area contributed by atoms with Crippen LogP contribution in [0.3, 0.4) is 0 Å². The molecular weight excluding hydrogens is 738 g/mol. The van der Waals surface area contributed by atoms with Crippen LogP contribution in [0.2, 0.25) is 0 Å². The number of anilines is 1. The van der Waals surface area contributed by atoms with Gasteiger partial charge in [0.1, 0.15) is 23.4 Å². The summed E-state index contributed by atoms with van der Waals surface area (Å²) in [5, 5.41) is 66.5. The number of phenols is 3. The van der Waals surface area contributed by atoms with E-state index in [0.717, 1.165) is 12.8 Å². The van der Waals surface area contributed by atoms with Gasteiger partial charge in [-0.3, -0.25) is 19.4 Å². The SMILES string of the molecule is CO[C@H]1/C=C/O[C@@]2(C)Oc3c(C)c(O)c4c(O)c(c(/C=N/N5CCCC5)c(O)c4c3C2=O)NC(=O)/C(C)=C/C=C/[C@H](C)[C@H](O)[C@@H](C)[C@@H](O)[C@@H](C)[C@H](OC(C)=O)[C@@H]1C. The maximum Gasteiger partial charge on any atom is 0.312 e. The molecule has 4 heterocycles. The summed E-state index contributed by atoms with van der Waals surface area (Å²) >= 11 is 0. The molecule has 9 atom stereocenters. The first-order valence-corrected chi connectivity index (χ1v) is 19.2. The average Bonchev–Trinajstić information content (AvgIpc) is 3.79. The van der Waals surface area contributed by atoms with E-state index in [-0.39, 0.29) is 44.5 Å². The van der Waals surface area contributed by atoms with E-state index >= 15 is 0 Å². The molecule has 57 heavy (non-hydrogen) atoms. The summed E-state index contributed by atoms with van der Waals surface area (Å²) < 4.78 is 23.5. The van der Waals surface area contributed by atoms with Crippen LogP contribution in [0.1, 0.15) is 82.8 Å². The van der Waals surface area contributed by atoms with Gasteiger partial charge in [-0.15, -0.1) is 0 Å². The highest BCUT2D eigenvalue weighted by molar-refractivity contribution is 6.23. The molecule has 2 aromatic rings. The number of nitrogens with zero attached hydrogens (tertiary/aromatic N) is 2. The number of carbonyl (C=O) groups excluding carboxylic acids is 3. The third-order valence-corrected chi connectivity index (χ3v) is 11.5. The second kappa shape index (κ2) is 17.2. The number of nitrogens with one attached hydrogen (secondary N) is 1. The number of Topliss-reactive ketones (excluding diaryl/α,β-unsaturated/α-hetero) is 1. The summed E-state index contributed by atoms with van der Waals surface area (Å²) in [6.45, 7) is 13.8. The van der Waals surface area contributed by atoms with Gasteiger partial charge in [0.15, 0.2) is 5.75 Å². The van der Waals surface area contributed by atoms with E-state index in [2.05, 4.69) is 10.4 Å². The predicted molar refractivity (Wildman–Crippen MR) is 212 cm³/mol. The van der Waals surface area contributed by atoms with Crippen LogP contribution in [0.4, 0.5) is 5.69 Å². The van der Waals surface area contributed by atoms with Gasteiger partial charge in [-0.1, -0.05) is 45.9 Å². The fourth-order valence-electron chi connectivity index (χ4n) is 7.83. The number of hydrogen-bond acceptors (Lipinski definition) is 14. The molecular formula is C42H55N3O12. The van der Waals surface area contributed by atoms with E-state index in [9.17, 15) is 39.9 Å². The lowest BCUT2D eigenvalue weighted by molar-refractivity contribution is -0.160. The van der Waals surface area contributed by atoms with Crippen molar-refractivity contribution in [3.63, 3.8) is 0 Å². The molecule has 0 aromatic heterocycles. The van der Waals surface area contributed by atoms with Gasteiger partial charge in [-0.25, -0.2) is 0 Å². The number of hydrazone groups is 1. The van der Waals surface area contributed by atoms with E-state index in [4.69, 9.17) is 18.9 Å². The Morgan fingerprint density at radius 3 is 2.26 bits per heavy atom. The van der Waals surface area contributed by atoms with E-state index in [0.29, 0.717) is 13.1 Å². The molecule has 6 N–H and O–H groups in total. The highest BCUT2D eigenvalue weighted by Crippen LogP contribution is 2.55. The molecule has 0 aliphatic carbocycles. The minimum Gasteiger partial charge on any atom is -0.507 e. The van der Waals surface area contributed by atoms with Gasteiger partial charge in [-0.05, 0) is 32.8 Å². The van der Waals surface area contributed by atoms with Crippen molar-refractivity contribution in [1.29, 1.82) is 0 Å². The van der Waals surface area contributed by atoms with Crippen molar-refractivity contribution in [3.05, 3.63) is 52.8 Å². The molecule has 310 valence electrons. The van der Waals surface area contributed by atoms with Crippen LogP contribution in [0.15, 0.2) is 41.2 Å². The zero-order chi connectivity index (χ0) is 42.1. The van der Waals surface area contributed by atoms with Crippen molar-refractivity contribution in [2.24, 2.45) is 28.8 Å². The van der Waals surface area contributed by atoms with Gasteiger partial charge in [-0.2, -0.15) is 5.10 Å². The number of hydrogen-bond donors (Lipinski definition) is 6. The lowest BCUT2D eigenvalue weighted by atomic mass is 9.78. The molecule has 2 aromatic carbocycles. The second-order valence-corrected chi connectivity index (χ2v) is 15.5. The van der Waals surface area contributed by atoms with Crippen LogP contribution < -0.4 is 10.1 Å². The number of ether oxygens (including phenoxy) is 4. The van der Waals surface area contributed by atoms with Gasteiger partial charge in [0.25, 0.3) is 11.7 Å². The normalized spacial score (nSPS) is 32.2. The molecule has 1 saturated heterocycles. The molecule has 0 saturated carbocycles. The average molecular weight is 794 g/mol. The number of methoxy groups -OCH3 is 1. The molecule has 15 nitrogen and oxygen atoms in total. The number of rotatable bonds is 4. The van der Waals surface area contributed by atoms with E-state index in [1.54, 1.807) is 44.9 Å². The lowest BCUT2D eigenvalue weighted by Crippen LogP contribution is -2.46. The van der Waals surface area contributed by atoms with Gasteiger partial charge in [0.2, 0.25) is 0 Å². The Bertz CT molecular complexity index is 2020. The fourth-order valence-corrected chi connectivity index (χ4v) is 7.83. The highest BCUT2D eigenvalue weighted by Gasteiger charge is 2.50. The van der Waals surface area contributed by atoms with Crippen LogP contribution in [0.25, 0.3) is 10.8 Å². The minimum atomic E-state index is -2.03. The first-order valence-electron chi connectivity index (χ1n) is 19.2. The van der Waals surface area contributed by atoms with E-state index in [1.165, 1.54) is 59.4 Å². The van der Waals surface area contributed by atoms with Crippen LogP contribution in [-0.2, 0) is 23.8 Å². The third kappa shape index (κ3) is 8.32. The molecule has 0 unspecified atom stereocenters. The number of fused-ring (bicyclic) bond motifs is 14. The number of benzene rings is 2. The maximum absolute atomic E-state index is 14.4. The van der Waals surface area contributed by atoms with Crippen molar-refractivity contribution < 1.29 is 58.9 Å². The van der Waals surface area contributed by atoms with Crippen molar-refractivity contribution in [3.8, 4) is 23.0 Å². The Hall–Kier alpha value is -5.12. The number of esters is 1. The first-order chi connectivity index (χ1) is 26.8. The van der Waals surface area contributed by atoms with Crippen LogP contribution in [0, 0.1) is 30.6 Å². The van der Waals surface area contributed by atoms with Gasteiger partial charge in [0, 0.05) is 74.2 Å². The number of allylic oxidation sites excluding steroid dienone is 2. The Labute approximate surface area is 332 Å². The molecule has 0 radical (unpaired) electrons. The Balaban J connectivity index is 1.71. The lowest BCUT2D eigenvalue weighted by Gasteiger charge is -2.38. The Morgan fingerprint density at radius 2 is 1.63 bits per heavy atom. The van der Waals surface area contributed by atoms with Crippen molar-refractivity contribution in [1.82, 2.24) is 5.01 Å². The molecule has 6 rings (SSSR count). The predicted octanol–water partition coefficient (Wildman–Crippen LogP) is 5.18. The van der Waals surface area contributed by atoms with Crippen LogP contribution in [0.5, 0.6) is 23.0 Å². The number of carbonyl (C=O) groups is 3. The van der Waals surface area contributed by atoms with Crippen molar-refractivity contribution in [2.75, 3.05) is 25.5 Å². The number of ketones is 1. The number of amides is 1. The largest absolute Gasteiger partial charge is 0.507 e. The Morgan fingerprint density at radius 1 is 0.965 bits per heavy atom. The minimum absolute atomic E-state index is 0.0602. The molecule has 5 bridgehead atoms. The third-order valence-electron chi connectivity index (χ3n) is 11.5. The number of aromatic hydroxyl groups is 3. The standard InChI is InChI=1S/C42H55N3O12/c1-20-13-12-14-21(2)41(53)44-32-27(19-43-45-16-10-11-17-45)36(50)29-30(37(32)51)35(49)25(6)39-31(29)40(52)42(8,57-39)55-18-15-28(54-9)22(3)38(56-26(7)46)24(5)34(48)23(4)33(20)47/h12-15,18-20,22-24,28,33-34,38,47-51H,10-11,16-17H2,1-9H3,(H,44,53)/b13-12+,18-15+,21-14+,43-19+/t20-,22+,23+,24+,28-,33-,34+,38+,42-/m0/s1. The summed E-state index contributed by atoms with van der Waals surface area (Å²) in [5.41, 5.74) is -0.313. The molecule has 4 aliphatic heterocycles. The van der Waals surface area contributed by atoms with E-state index in [1.807, 2.05) is 0 Å². The zero-order valence-electron chi connectivity index (χ0n) is 33.9. The summed E-state index contributed by atoms with van der Waals surface area (Å²) in [7, 11) is 1.44. The molecule has 4 aliphatic rings. The number of phenolic OH excluding ortho intramolecular Hbond substituents is 3. The topological polar surface area (TPSA) is 217 Å². The molecule has 0 spiro atoms. The number of aliphatic hydroxyl groups is 2. The molecule has 1 fully saturated rings. The van der Waals surface area contributed by atoms with Gasteiger partial charge in [0.05, 0.1) is 53.0 Å². The monoisotopic (exact) mass is 793 g/mol. The number of aliphatic hydroxyl groups excluding tert-OH is 2. The van der Waals surface area contributed by atoms with Crippen LogP contribution in [-0.4, -0.2) is 105 Å². The first kappa shape index (κ1) is 43.0. The van der Waals surface area contributed by atoms with E-state index < -0.39 is 88.8 Å². The molecule has 1 amide bonds. The highest BCUT2D eigenvalue weighted by atomic mass is 16.7. The maximum atomic E-state index is 14.4. The zero-order valence-corrected chi connectivity index (χ0v) is 33.9. The second-order valence-electron chi connectivity index (χ2n) is 15.5. The summed E-state index contributed by atoms with van der Waals surface area (Å²) in [4.78, 5) is 40.3. The quantitative estimate of drug-likeness (QED) is 0.102. The molecule has 15 heteroatoms. The summed E-state index contributed by atoms with van der Waals surface area (Å²) in [6.07, 6.45) is 6.68. The van der Waals surface area contributed by atoms with Gasteiger partial charge < -0.3 is 49.8 Å². The van der Waals surface area contributed by atoms with Crippen molar-refractivity contribution in [2.45, 2.75) is 98.4 Å². The summed E-state index contributed by atoms with van der Waals surface area (Å²) in [6, 6.07) is 0. The van der Waals surface area contributed by atoms with Crippen LogP contribution >= 0.6 is 0 Å². The Kier molecular flexibility index (Phi) is 13.0. The smallest absolute Gasteiger partial charge is 0.312 e. The summed E-state index contributed by atoms with van der Waals surface area (Å²) in [5.74, 6) is -8.28. The fraction of sp³-hybridized carbons (Fsp3) is 0.524. The van der Waals surface area contributed by atoms with Gasteiger partial charge >= 0.3 is 11.8 Å².